The van der Waals surface area contributed by atoms with Crippen molar-refractivity contribution in [2.24, 2.45) is 0 Å². The van der Waals surface area contributed by atoms with Gasteiger partial charge in [0.05, 0.1) is 9.52 Å². The quantitative estimate of drug-likeness (QED) is 0.162. The Kier molecular flexibility index (Phi) is 20.1. The molecule has 33 heavy (non-hydrogen) atoms. The largest absolute Gasteiger partial charge is 0.529 e. The van der Waals surface area contributed by atoms with Gasteiger partial charge in [-0.15, -0.1) is 0 Å². The standard InChI is InChI=1S/C22H52N2O6Si3/c1-9-24(10-2)20-22(33(28-14-6,29-15-7)30-16-8)31-21-23-18-17-19-32(25-11-3,26-12-4)27-13-5/h20,23H,9-19,21,31H2,1-8H3. The van der Waals surface area contributed by atoms with Gasteiger partial charge in [0.2, 0.25) is 0 Å². The first kappa shape index (κ1) is 32.9. The first-order valence-corrected chi connectivity index (χ1v) is 18.3. The number of nitrogens with one attached hydrogen (secondary N) is 1. The average Bonchev–Trinajstić information content (AvgIpc) is 2.79. The van der Waals surface area contributed by atoms with E-state index in [0.29, 0.717) is 39.6 Å². The second-order valence-corrected chi connectivity index (χ2v) is 15.1. The molecule has 0 aromatic heterocycles. The van der Waals surface area contributed by atoms with Gasteiger partial charge in [0.1, 0.15) is 0 Å². The average molecular weight is 525 g/mol. The lowest BCUT2D eigenvalue weighted by atomic mass is 10.5. The number of hydrogen-bond donors (Lipinski definition) is 1. The van der Waals surface area contributed by atoms with Crippen LogP contribution in [0.2, 0.25) is 6.04 Å². The maximum atomic E-state index is 6.23. The van der Waals surface area contributed by atoms with Crippen molar-refractivity contribution >= 4 is 27.1 Å². The van der Waals surface area contributed by atoms with Crippen LogP contribution in [0, 0.1) is 0 Å². The molecule has 198 valence electrons. The van der Waals surface area contributed by atoms with Gasteiger partial charge < -0.3 is 36.8 Å². The monoisotopic (exact) mass is 524 g/mol. The van der Waals surface area contributed by atoms with Crippen LogP contribution in [-0.2, 0) is 26.6 Å². The molecule has 0 heterocycles. The summed E-state index contributed by atoms with van der Waals surface area (Å²) in [6, 6.07) is 0.828. The second kappa shape index (κ2) is 20.1. The zero-order valence-electron chi connectivity index (χ0n) is 22.7. The van der Waals surface area contributed by atoms with Crippen molar-refractivity contribution in [3.8, 4) is 0 Å². The molecule has 0 aliphatic heterocycles. The lowest BCUT2D eigenvalue weighted by Crippen LogP contribution is -2.52. The summed E-state index contributed by atoms with van der Waals surface area (Å²) in [5.41, 5.74) is 0. The van der Waals surface area contributed by atoms with E-state index in [0.717, 1.165) is 38.3 Å². The minimum absolute atomic E-state index is 0.586. The van der Waals surface area contributed by atoms with Crippen LogP contribution in [0.4, 0.5) is 0 Å². The molecule has 0 aromatic rings. The first-order chi connectivity index (χ1) is 16.0. The van der Waals surface area contributed by atoms with Crippen LogP contribution in [0.15, 0.2) is 11.0 Å². The molecule has 0 saturated carbocycles. The zero-order chi connectivity index (χ0) is 25.0. The number of hydrogen-bond acceptors (Lipinski definition) is 8. The van der Waals surface area contributed by atoms with E-state index in [-0.39, 0.29) is 0 Å². The molecule has 0 rings (SSSR count). The van der Waals surface area contributed by atoms with Gasteiger partial charge in [-0.2, -0.15) is 0 Å². The third-order valence-electron chi connectivity index (χ3n) is 5.05. The van der Waals surface area contributed by atoms with E-state index < -0.39 is 27.1 Å². The van der Waals surface area contributed by atoms with Gasteiger partial charge >= 0.3 is 17.6 Å². The van der Waals surface area contributed by atoms with Gasteiger partial charge in [-0.25, -0.2) is 0 Å². The van der Waals surface area contributed by atoms with Crippen LogP contribution in [0.1, 0.15) is 61.8 Å². The molecule has 0 fully saturated rings. The Hall–Kier alpha value is -0.0894. The topological polar surface area (TPSA) is 70.7 Å². The van der Waals surface area contributed by atoms with Crippen molar-refractivity contribution in [1.82, 2.24) is 10.2 Å². The van der Waals surface area contributed by atoms with Crippen LogP contribution in [0.25, 0.3) is 0 Å². The van der Waals surface area contributed by atoms with Gasteiger partial charge in [-0.1, -0.05) is 0 Å². The van der Waals surface area contributed by atoms with Gasteiger partial charge in [0, 0.05) is 58.8 Å². The Balaban J connectivity index is 5.17. The molecular formula is C22H52N2O6Si3. The Morgan fingerprint density at radius 2 is 1.18 bits per heavy atom. The fourth-order valence-electron chi connectivity index (χ4n) is 3.68. The van der Waals surface area contributed by atoms with Crippen LogP contribution < -0.4 is 5.32 Å². The third-order valence-corrected chi connectivity index (χ3v) is 14.5. The van der Waals surface area contributed by atoms with Gasteiger partial charge in [0.15, 0.2) is 0 Å². The molecular weight excluding hydrogens is 473 g/mol. The Bertz CT molecular complexity index is 465. The molecule has 1 N–H and O–H groups in total. The lowest BCUT2D eigenvalue weighted by molar-refractivity contribution is 0.0708. The van der Waals surface area contributed by atoms with Gasteiger partial charge in [-0.05, 0) is 85.5 Å². The molecule has 0 amide bonds. The maximum Gasteiger partial charge on any atom is 0.529 e. The van der Waals surface area contributed by atoms with E-state index >= 15 is 0 Å². The van der Waals surface area contributed by atoms with E-state index in [4.69, 9.17) is 26.6 Å². The molecule has 11 heteroatoms. The highest BCUT2D eigenvalue weighted by molar-refractivity contribution is 6.83. The second-order valence-electron chi connectivity index (χ2n) is 7.32. The van der Waals surface area contributed by atoms with Crippen molar-refractivity contribution in [3.63, 3.8) is 0 Å². The van der Waals surface area contributed by atoms with Crippen molar-refractivity contribution in [2.75, 3.05) is 65.4 Å². The Morgan fingerprint density at radius 3 is 1.58 bits per heavy atom. The van der Waals surface area contributed by atoms with E-state index in [1.54, 1.807) is 0 Å². The van der Waals surface area contributed by atoms with Crippen molar-refractivity contribution in [1.29, 1.82) is 0 Å². The number of rotatable bonds is 23. The molecule has 0 atom stereocenters. The van der Waals surface area contributed by atoms with Crippen LogP contribution in [-0.4, -0.2) is 97.5 Å². The lowest BCUT2D eigenvalue weighted by Gasteiger charge is -2.32. The molecule has 0 unspecified atom stereocenters. The molecule has 0 bridgehead atoms. The van der Waals surface area contributed by atoms with Crippen LogP contribution >= 0.6 is 0 Å². The molecule has 0 saturated heterocycles. The van der Waals surface area contributed by atoms with Crippen LogP contribution in [0.5, 0.6) is 0 Å². The zero-order valence-corrected chi connectivity index (χ0v) is 26.1. The minimum atomic E-state index is -2.86. The predicted molar refractivity (Wildman–Crippen MR) is 143 cm³/mol. The first-order valence-electron chi connectivity index (χ1n) is 13.0. The van der Waals surface area contributed by atoms with E-state index in [2.05, 4.69) is 30.3 Å². The van der Waals surface area contributed by atoms with E-state index in [1.165, 1.54) is 4.82 Å². The fraction of sp³-hybridized carbons (Fsp3) is 0.909. The van der Waals surface area contributed by atoms with Crippen molar-refractivity contribution in [3.05, 3.63) is 11.0 Å². The summed E-state index contributed by atoms with van der Waals surface area (Å²) < 4.78 is 36.6. The van der Waals surface area contributed by atoms with Gasteiger partial charge in [0.25, 0.3) is 0 Å². The number of nitrogens with zero attached hydrogens (tertiary/aromatic N) is 1. The highest BCUT2D eigenvalue weighted by Gasteiger charge is 2.45. The summed E-state index contributed by atoms with van der Waals surface area (Å²) in [7, 11) is -6.11. The highest BCUT2D eigenvalue weighted by Crippen LogP contribution is 2.21. The molecule has 0 radical (unpaired) electrons. The highest BCUT2D eigenvalue weighted by atomic mass is 28.4. The summed E-state index contributed by atoms with van der Waals surface area (Å²) in [4.78, 5) is 3.58. The van der Waals surface area contributed by atoms with E-state index in [1.807, 2.05) is 41.5 Å². The molecule has 0 spiro atoms. The molecule has 0 aromatic carbocycles. The fourth-order valence-corrected chi connectivity index (χ4v) is 12.2. The van der Waals surface area contributed by atoms with Gasteiger partial charge in [-0.3, -0.25) is 0 Å². The Morgan fingerprint density at radius 1 is 0.727 bits per heavy atom. The summed E-state index contributed by atoms with van der Waals surface area (Å²) in [6.45, 7) is 22.8. The summed E-state index contributed by atoms with van der Waals surface area (Å²) in [5.74, 6) is 0. The normalized spacial score (nSPS) is 13.4. The molecule has 0 aliphatic rings. The van der Waals surface area contributed by atoms with E-state index in [9.17, 15) is 0 Å². The summed E-state index contributed by atoms with van der Waals surface area (Å²) in [6.07, 6.45) is 4.18. The molecule has 8 nitrogen and oxygen atoms in total. The summed E-state index contributed by atoms with van der Waals surface area (Å²) >= 11 is 0. The maximum absolute atomic E-state index is 6.23. The summed E-state index contributed by atoms with van der Waals surface area (Å²) in [5, 5.41) is 3.64. The van der Waals surface area contributed by atoms with Crippen LogP contribution in [0.3, 0.4) is 0 Å². The smallest absolute Gasteiger partial charge is 0.378 e. The third kappa shape index (κ3) is 12.4. The predicted octanol–water partition coefficient (Wildman–Crippen LogP) is 2.91. The minimum Gasteiger partial charge on any atom is -0.378 e. The SMILES string of the molecule is CCO[Si](CCCNC[SiH2]C(=CN(CC)CC)[Si](OCC)(OCC)OCC)(OCC)OCC. The molecule has 0 aliphatic carbocycles. The van der Waals surface area contributed by atoms with Crippen molar-refractivity contribution in [2.45, 2.75) is 67.9 Å². The Labute approximate surface area is 208 Å². The van der Waals surface area contributed by atoms with Crippen molar-refractivity contribution < 1.29 is 26.6 Å².